The largest absolute Gasteiger partial charge is 0.247 e. The first-order valence-corrected chi connectivity index (χ1v) is 4.89. The highest BCUT2D eigenvalue weighted by Crippen LogP contribution is 2.22. The predicted octanol–water partition coefficient (Wildman–Crippen LogP) is 3.93. The van der Waals surface area contributed by atoms with Crippen LogP contribution in [0.25, 0.3) is 0 Å². The summed E-state index contributed by atoms with van der Waals surface area (Å²) < 4.78 is 11.1. The molecule has 0 saturated heterocycles. The summed E-state index contributed by atoms with van der Waals surface area (Å²) in [6.07, 6.45) is 1.22. The number of alkyl halides is 1. The molecule has 0 bridgehead atoms. The maximum atomic E-state index is 11.1. The fourth-order valence-corrected chi connectivity index (χ4v) is 0.901. The van der Waals surface area contributed by atoms with E-state index in [0.29, 0.717) is 5.92 Å². The minimum absolute atomic E-state index is 0.417. The Morgan fingerprint density at radius 3 is 1.85 bits per heavy atom. The molecular formula is C12H17F. The van der Waals surface area contributed by atoms with Crippen molar-refractivity contribution in [3.05, 3.63) is 35.9 Å². The van der Waals surface area contributed by atoms with Crippen molar-refractivity contribution in [3.8, 4) is 0 Å². The molecule has 1 saturated carbocycles. The number of benzene rings is 1. The van der Waals surface area contributed by atoms with Crippen LogP contribution in [0.1, 0.15) is 38.2 Å². The average Bonchev–Trinajstić information content (AvgIpc) is 2.90. The molecular weight excluding hydrogens is 163 g/mol. The van der Waals surface area contributed by atoms with Crippen molar-refractivity contribution in [1.82, 2.24) is 0 Å². The molecule has 13 heavy (non-hydrogen) atoms. The number of hydrogen-bond acceptors (Lipinski definition) is 0. The van der Waals surface area contributed by atoms with Crippen LogP contribution < -0.4 is 0 Å². The molecule has 1 heteroatoms. The van der Waals surface area contributed by atoms with Crippen LogP contribution >= 0.6 is 0 Å². The van der Waals surface area contributed by atoms with Gasteiger partial charge in [-0.15, -0.1) is 0 Å². The zero-order chi connectivity index (χ0) is 9.68. The summed E-state index contributed by atoms with van der Waals surface area (Å²) in [5.41, 5.74) is 1.41. The third kappa shape index (κ3) is 4.66. The molecule has 0 radical (unpaired) electrons. The normalized spacial score (nSPS) is 15.1. The zero-order valence-corrected chi connectivity index (χ0v) is 8.33. The van der Waals surface area contributed by atoms with Crippen molar-refractivity contribution in [2.75, 3.05) is 0 Å². The second-order valence-corrected chi connectivity index (χ2v) is 3.74. The van der Waals surface area contributed by atoms with E-state index in [4.69, 9.17) is 0 Å². The summed E-state index contributed by atoms with van der Waals surface area (Å²) in [6.45, 7) is 4.41. The number of hydrogen-bond donors (Lipinski definition) is 0. The second-order valence-electron chi connectivity index (χ2n) is 3.74. The van der Waals surface area contributed by atoms with Crippen molar-refractivity contribution in [2.45, 2.75) is 38.8 Å². The maximum Gasteiger partial charge on any atom is 0.100 e. The molecule has 0 aliphatic heterocycles. The van der Waals surface area contributed by atoms with Crippen LogP contribution in [0.3, 0.4) is 0 Å². The predicted molar refractivity (Wildman–Crippen MR) is 54.7 cm³/mol. The fraction of sp³-hybridized carbons (Fsp3) is 0.500. The first kappa shape index (κ1) is 10.2. The summed E-state index contributed by atoms with van der Waals surface area (Å²) in [5.74, 6) is 0.659. The van der Waals surface area contributed by atoms with E-state index in [-0.39, 0.29) is 0 Å². The van der Waals surface area contributed by atoms with Gasteiger partial charge in [-0.05, 0) is 24.3 Å². The molecule has 1 aliphatic rings. The van der Waals surface area contributed by atoms with E-state index in [9.17, 15) is 4.39 Å². The van der Waals surface area contributed by atoms with Gasteiger partial charge >= 0.3 is 0 Å². The summed E-state index contributed by atoms with van der Waals surface area (Å²) in [6, 6.07) is 10.5. The zero-order valence-electron chi connectivity index (χ0n) is 8.33. The summed E-state index contributed by atoms with van der Waals surface area (Å²) in [5, 5.41) is 0. The van der Waals surface area contributed by atoms with Crippen LogP contribution in [0.4, 0.5) is 4.39 Å². The lowest BCUT2D eigenvalue weighted by Gasteiger charge is -2.01. The van der Waals surface area contributed by atoms with E-state index in [1.165, 1.54) is 5.56 Å². The van der Waals surface area contributed by atoms with Gasteiger partial charge in [0.25, 0.3) is 0 Å². The molecule has 0 atom stereocenters. The first-order valence-electron chi connectivity index (χ1n) is 4.89. The summed E-state index contributed by atoms with van der Waals surface area (Å²) in [4.78, 5) is 0. The quantitative estimate of drug-likeness (QED) is 0.614. The molecule has 1 aromatic carbocycles. The monoisotopic (exact) mass is 180 g/mol. The minimum Gasteiger partial charge on any atom is -0.247 e. The Balaban J connectivity index is 0.000000175. The van der Waals surface area contributed by atoms with Gasteiger partial charge in [0.15, 0.2) is 0 Å². The van der Waals surface area contributed by atoms with Crippen molar-refractivity contribution >= 4 is 0 Å². The SMILES string of the molecule is CC(C)c1ccccc1.FC1CC1. The van der Waals surface area contributed by atoms with Crippen molar-refractivity contribution in [3.63, 3.8) is 0 Å². The lowest BCUT2D eigenvalue weighted by atomic mass is 10.0. The molecule has 0 aromatic heterocycles. The maximum absolute atomic E-state index is 11.1. The molecule has 1 fully saturated rings. The number of rotatable bonds is 1. The topological polar surface area (TPSA) is 0 Å². The molecule has 1 aromatic rings. The van der Waals surface area contributed by atoms with Gasteiger partial charge in [0.05, 0.1) is 0 Å². The standard InChI is InChI=1S/C9H12.C3H5F/c1-8(2)9-6-4-3-5-7-9;4-3-1-2-3/h3-8H,1-2H3;3H,1-2H2. The molecule has 0 spiro atoms. The van der Waals surface area contributed by atoms with E-state index in [2.05, 4.69) is 38.1 Å². The average molecular weight is 180 g/mol. The molecule has 0 unspecified atom stereocenters. The highest BCUT2D eigenvalue weighted by atomic mass is 19.1. The molecule has 2 rings (SSSR count). The van der Waals surface area contributed by atoms with E-state index in [1.807, 2.05) is 6.07 Å². The van der Waals surface area contributed by atoms with Gasteiger partial charge in [-0.3, -0.25) is 0 Å². The van der Waals surface area contributed by atoms with Crippen molar-refractivity contribution in [2.24, 2.45) is 0 Å². The van der Waals surface area contributed by atoms with Gasteiger partial charge < -0.3 is 0 Å². The van der Waals surface area contributed by atoms with Gasteiger partial charge in [-0.25, -0.2) is 4.39 Å². The van der Waals surface area contributed by atoms with Crippen LogP contribution in [0.15, 0.2) is 30.3 Å². The van der Waals surface area contributed by atoms with Crippen LogP contribution in [-0.2, 0) is 0 Å². The van der Waals surface area contributed by atoms with Crippen LogP contribution in [0, 0.1) is 0 Å². The van der Waals surface area contributed by atoms with Crippen molar-refractivity contribution < 1.29 is 4.39 Å². The third-order valence-corrected chi connectivity index (χ3v) is 1.97. The van der Waals surface area contributed by atoms with E-state index < -0.39 is 6.17 Å². The molecule has 72 valence electrons. The smallest absolute Gasteiger partial charge is 0.100 e. The molecule has 0 amide bonds. The Morgan fingerprint density at radius 1 is 1.15 bits per heavy atom. The highest BCUT2D eigenvalue weighted by molar-refractivity contribution is 5.17. The fourth-order valence-electron chi connectivity index (χ4n) is 0.901. The lowest BCUT2D eigenvalue weighted by Crippen LogP contribution is -1.83. The minimum atomic E-state index is -0.417. The van der Waals surface area contributed by atoms with Gasteiger partial charge in [-0.2, -0.15) is 0 Å². The van der Waals surface area contributed by atoms with E-state index in [1.54, 1.807) is 0 Å². The molecule has 0 N–H and O–H groups in total. The van der Waals surface area contributed by atoms with Gasteiger partial charge in [0, 0.05) is 0 Å². The van der Waals surface area contributed by atoms with Gasteiger partial charge in [0.1, 0.15) is 6.17 Å². The van der Waals surface area contributed by atoms with Gasteiger partial charge in [0.2, 0.25) is 0 Å². The number of halogens is 1. The second kappa shape index (κ2) is 5.00. The van der Waals surface area contributed by atoms with E-state index >= 15 is 0 Å². The van der Waals surface area contributed by atoms with Gasteiger partial charge in [-0.1, -0.05) is 44.2 Å². The molecule has 0 heterocycles. The van der Waals surface area contributed by atoms with Crippen LogP contribution in [0.2, 0.25) is 0 Å². The third-order valence-electron chi connectivity index (χ3n) is 1.97. The Hall–Kier alpha value is -0.850. The summed E-state index contributed by atoms with van der Waals surface area (Å²) in [7, 11) is 0. The first-order chi connectivity index (χ1) is 6.20. The molecule has 1 aliphatic carbocycles. The summed E-state index contributed by atoms with van der Waals surface area (Å²) >= 11 is 0. The molecule has 0 nitrogen and oxygen atoms in total. The van der Waals surface area contributed by atoms with Crippen LogP contribution in [0.5, 0.6) is 0 Å². The van der Waals surface area contributed by atoms with Crippen molar-refractivity contribution in [1.29, 1.82) is 0 Å². The Morgan fingerprint density at radius 2 is 1.62 bits per heavy atom. The lowest BCUT2D eigenvalue weighted by molar-refractivity contribution is 0.480. The Bertz CT molecular complexity index is 224. The highest BCUT2D eigenvalue weighted by Gasteiger charge is 2.18. The van der Waals surface area contributed by atoms with E-state index in [0.717, 1.165) is 12.8 Å². The Labute approximate surface area is 79.8 Å². The van der Waals surface area contributed by atoms with Crippen LogP contribution in [-0.4, -0.2) is 6.17 Å². The Kier molecular flexibility index (Phi) is 3.94.